The molecule has 2 atom stereocenters. The Hall–Kier alpha value is -1.10. The summed E-state index contributed by atoms with van der Waals surface area (Å²) in [5.74, 6) is -1.75. The van der Waals surface area contributed by atoms with Gasteiger partial charge in [0.15, 0.2) is 5.92 Å². The van der Waals surface area contributed by atoms with Gasteiger partial charge in [-0.25, -0.2) is 0 Å². The van der Waals surface area contributed by atoms with Crippen LogP contribution in [-0.2, 0) is 23.8 Å². The van der Waals surface area contributed by atoms with E-state index < -0.39 is 17.9 Å². The summed E-state index contributed by atoms with van der Waals surface area (Å²) in [6, 6.07) is 0. The molecule has 0 spiro atoms. The smallest absolute Gasteiger partial charge is 0.320 e. The molecule has 1 aliphatic heterocycles. The lowest BCUT2D eigenvalue weighted by Gasteiger charge is -2.16. The van der Waals surface area contributed by atoms with Gasteiger partial charge in [0.05, 0.1) is 12.7 Å². The third-order valence-electron chi connectivity index (χ3n) is 3.03. The summed E-state index contributed by atoms with van der Waals surface area (Å²) in [6.45, 7) is 5.14. The number of esters is 2. The molecule has 5 heteroatoms. The van der Waals surface area contributed by atoms with Crippen molar-refractivity contribution in [3.8, 4) is 0 Å². The number of rotatable bonds is 8. The van der Waals surface area contributed by atoms with Gasteiger partial charge >= 0.3 is 11.9 Å². The molecule has 0 bridgehead atoms. The maximum absolute atomic E-state index is 11.9. The van der Waals surface area contributed by atoms with Gasteiger partial charge in [-0.05, 0) is 25.7 Å². The Morgan fingerprint density at radius 1 is 1.21 bits per heavy atom. The van der Waals surface area contributed by atoms with Crippen molar-refractivity contribution >= 4 is 11.9 Å². The first-order valence-corrected chi connectivity index (χ1v) is 7.13. The summed E-state index contributed by atoms with van der Waals surface area (Å²) in [6.07, 6.45) is 3.84. The van der Waals surface area contributed by atoms with Crippen LogP contribution in [-0.4, -0.2) is 37.9 Å². The van der Waals surface area contributed by atoms with Crippen LogP contribution in [0.25, 0.3) is 0 Å². The summed E-state index contributed by atoms with van der Waals surface area (Å²) in [5, 5.41) is 0. The lowest BCUT2D eigenvalue weighted by Crippen LogP contribution is -2.30. The molecule has 0 saturated carbocycles. The molecule has 0 amide bonds. The Bertz CT molecular complexity index is 284. The van der Waals surface area contributed by atoms with Crippen LogP contribution in [0.3, 0.4) is 0 Å². The Morgan fingerprint density at radius 2 is 1.95 bits per heavy atom. The van der Waals surface area contributed by atoms with Gasteiger partial charge in [-0.1, -0.05) is 20.3 Å². The van der Waals surface area contributed by atoms with E-state index in [1.54, 1.807) is 0 Å². The van der Waals surface area contributed by atoms with Crippen LogP contribution in [0.1, 0.15) is 46.0 Å². The topological polar surface area (TPSA) is 61.8 Å². The van der Waals surface area contributed by atoms with Crippen molar-refractivity contribution in [2.45, 2.75) is 52.1 Å². The van der Waals surface area contributed by atoms with E-state index in [-0.39, 0.29) is 12.7 Å². The SMILES string of the molecule is CCCOC(=O)C(CCC)C(=O)OCC1CCCO1. The van der Waals surface area contributed by atoms with Crippen molar-refractivity contribution in [3.05, 3.63) is 0 Å². The Balaban J connectivity index is 2.39. The molecule has 1 aliphatic rings. The highest BCUT2D eigenvalue weighted by Crippen LogP contribution is 2.15. The highest BCUT2D eigenvalue weighted by molar-refractivity contribution is 5.94. The van der Waals surface area contributed by atoms with Crippen LogP contribution < -0.4 is 0 Å². The molecule has 1 rings (SSSR count). The molecule has 0 radical (unpaired) electrons. The molecular formula is C14H24O5. The van der Waals surface area contributed by atoms with Crippen LogP contribution in [0.2, 0.25) is 0 Å². The van der Waals surface area contributed by atoms with Gasteiger partial charge in [0.1, 0.15) is 6.61 Å². The number of hydrogen-bond acceptors (Lipinski definition) is 5. The minimum atomic E-state index is -0.794. The van der Waals surface area contributed by atoms with E-state index in [0.717, 1.165) is 32.3 Å². The lowest BCUT2D eigenvalue weighted by atomic mass is 10.0. The fourth-order valence-corrected chi connectivity index (χ4v) is 1.98. The third-order valence-corrected chi connectivity index (χ3v) is 3.03. The van der Waals surface area contributed by atoms with Crippen LogP contribution >= 0.6 is 0 Å². The van der Waals surface area contributed by atoms with E-state index in [1.165, 1.54) is 0 Å². The largest absolute Gasteiger partial charge is 0.465 e. The highest BCUT2D eigenvalue weighted by atomic mass is 16.6. The monoisotopic (exact) mass is 272 g/mol. The van der Waals surface area contributed by atoms with E-state index in [9.17, 15) is 9.59 Å². The quantitative estimate of drug-likeness (QED) is 0.500. The molecular weight excluding hydrogens is 248 g/mol. The predicted octanol–water partition coefficient (Wildman–Crippen LogP) is 2.08. The summed E-state index contributed by atoms with van der Waals surface area (Å²) in [4.78, 5) is 23.7. The zero-order chi connectivity index (χ0) is 14.1. The summed E-state index contributed by atoms with van der Waals surface area (Å²) < 4.78 is 15.6. The summed E-state index contributed by atoms with van der Waals surface area (Å²) in [5.41, 5.74) is 0. The van der Waals surface area contributed by atoms with E-state index in [0.29, 0.717) is 13.0 Å². The van der Waals surface area contributed by atoms with Gasteiger partial charge < -0.3 is 14.2 Å². The molecule has 1 fully saturated rings. The molecule has 0 aromatic rings. The van der Waals surface area contributed by atoms with Crippen LogP contribution in [0.15, 0.2) is 0 Å². The first kappa shape index (κ1) is 16.0. The predicted molar refractivity (Wildman–Crippen MR) is 69.6 cm³/mol. The number of ether oxygens (including phenoxy) is 3. The van der Waals surface area contributed by atoms with Crippen LogP contribution in [0.4, 0.5) is 0 Å². The van der Waals surface area contributed by atoms with Gasteiger partial charge in [0.25, 0.3) is 0 Å². The van der Waals surface area contributed by atoms with Crippen LogP contribution in [0, 0.1) is 5.92 Å². The van der Waals surface area contributed by atoms with E-state index in [2.05, 4.69) is 0 Å². The van der Waals surface area contributed by atoms with Crippen molar-refractivity contribution in [1.82, 2.24) is 0 Å². The molecule has 110 valence electrons. The van der Waals surface area contributed by atoms with E-state index in [4.69, 9.17) is 14.2 Å². The average Bonchev–Trinajstić information content (AvgIpc) is 2.92. The van der Waals surface area contributed by atoms with Gasteiger partial charge in [0, 0.05) is 6.61 Å². The van der Waals surface area contributed by atoms with Gasteiger partial charge in [0.2, 0.25) is 0 Å². The molecule has 0 aromatic carbocycles. The minimum absolute atomic E-state index is 0.0158. The van der Waals surface area contributed by atoms with Gasteiger partial charge in [-0.3, -0.25) is 9.59 Å². The number of carbonyl (C=O) groups excluding carboxylic acids is 2. The van der Waals surface area contributed by atoms with Crippen molar-refractivity contribution in [1.29, 1.82) is 0 Å². The second-order valence-corrected chi connectivity index (χ2v) is 4.77. The molecule has 0 aromatic heterocycles. The fourth-order valence-electron chi connectivity index (χ4n) is 1.98. The molecule has 0 N–H and O–H groups in total. The molecule has 0 aliphatic carbocycles. The van der Waals surface area contributed by atoms with Crippen molar-refractivity contribution in [2.75, 3.05) is 19.8 Å². The minimum Gasteiger partial charge on any atom is -0.465 e. The van der Waals surface area contributed by atoms with Gasteiger partial charge in [-0.2, -0.15) is 0 Å². The molecule has 2 unspecified atom stereocenters. The summed E-state index contributed by atoms with van der Waals surface area (Å²) in [7, 11) is 0. The van der Waals surface area contributed by atoms with Crippen LogP contribution in [0.5, 0.6) is 0 Å². The zero-order valence-electron chi connectivity index (χ0n) is 11.9. The highest BCUT2D eigenvalue weighted by Gasteiger charge is 2.29. The molecule has 19 heavy (non-hydrogen) atoms. The average molecular weight is 272 g/mol. The van der Waals surface area contributed by atoms with Crippen molar-refractivity contribution < 1.29 is 23.8 Å². The number of hydrogen-bond donors (Lipinski definition) is 0. The first-order chi connectivity index (χ1) is 9.19. The molecule has 1 heterocycles. The Morgan fingerprint density at radius 3 is 2.53 bits per heavy atom. The Kier molecular flexibility index (Phi) is 7.48. The second-order valence-electron chi connectivity index (χ2n) is 4.77. The Labute approximate surface area is 114 Å². The molecule has 5 nitrogen and oxygen atoms in total. The maximum Gasteiger partial charge on any atom is 0.320 e. The van der Waals surface area contributed by atoms with E-state index in [1.807, 2.05) is 13.8 Å². The normalized spacial score (nSPS) is 20.0. The van der Waals surface area contributed by atoms with Crippen molar-refractivity contribution in [2.24, 2.45) is 5.92 Å². The number of carbonyl (C=O) groups is 2. The zero-order valence-corrected chi connectivity index (χ0v) is 11.9. The lowest BCUT2D eigenvalue weighted by molar-refractivity contribution is -0.164. The third kappa shape index (κ3) is 5.59. The van der Waals surface area contributed by atoms with E-state index >= 15 is 0 Å². The molecule has 1 saturated heterocycles. The fraction of sp³-hybridized carbons (Fsp3) is 0.857. The van der Waals surface area contributed by atoms with Gasteiger partial charge in [-0.15, -0.1) is 0 Å². The standard InChI is InChI=1S/C14H24O5/c1-3-6-12(13(15)18-8-4-2)14(16)19-10-11-7-5-9-17-11/h11-12H,3-10H2,1-2H3. The maximum atomic E-state index is 11.9. The summed E-state index contributed by atoms with van der Waals surface area (Å²) >= 11 is 0. The first-order valence-electron chi connectivity index (χ1n) is 7.13. The van der Waals surface area contributed by atoms with Crippen molar-refractivity contribution in [3.63, 3.8) is 0 Å². The second kappa shape index (κ2) is 8.91.